The lowest BCUT2D eigenvalue weighted by Gasteiger charge is -2.04. The van der Waals surface area contributed by atoms with Gasteiger partial charge in [-0.25, -0.2) is 0 Å². The van der Waals surface area contributed by atoms with Gasteiger partial charge in [0.1, 0.15) is 5.75 Å². The number of hydrogen-bond acceptors (Lipinski definition) is 4. The number of phenols is 1. The minimum absolute atomic E-state index is 0.0264. The standard InChI is InChI=1S/C12H13BrO4/c1-2-17-12(16)6-5-11(15)9-7-8(13)3-4-10(9)14/h3-4,7,14H,2,5-6H2,1H3. The molecule has 1 aromatic carbocycles. The minimum Gasteiger partial charge on any atom is -0.507 e. The zero-order valence-corrected chi connectivity index (χ0v) is 11.0. The molecule has 92 valence electrons. The van der Waals surface area contributed by atoms with E-state index < -0.39 is 5.97 Å². The summed E-state index contributed by atoms with van der Waals surface area (Å²) >= 11 is 3.21. The topological polar surface area (TPSA) is 63.6 Å². The highest BCUT2D eigenvalue weighted by Gasteiger charge is 2.13. The number of rotatable bonds is 5. The van der Waals surface area contributed by atoms with E-state index in [1.807, 2.05) is 0 Å². The third kappa shape index (κ3) is 4.19. The number of benzene rings is 1. The maximum atomic E-state index is 11.7. The second kappa shape index (κ2) is 6.39. The fraction of sp³-hybridized carbons (Fsp3) is 0.333. The Morgan fingerprint density at radius 3 is 2.71 bits per heavy atom. The fourth-order valence-electron chi connectivity index (χ4n) is 1.32. The molecular weight excluding hydrogens is 288 g/mol. The highest BCUT2D eigenvalue weighted by atomic mass is 79.9. The Morgan fingerprint density at radius 2 is 2.06 bits per heavy atom. The van der Waals surface area contributed by atoms with E-state index in [1.165, 1.54) is 12.1 Å². The molecule has 1 N–H and O–H groups in total. The normalized spacial score (nSPS) is 10.0. The van der Waals surface area contributed by atoms with Crippen molar-refractivity contribution in [2.24, 2.45) is 0 Å². The van der Waals surface area contributed by atoms with Crippen molar-refractivity contribution in [2.45, 2.75) is 19.8 Å². The highest BCUT2D eigenvalue weighted by Crippen LogP contribution is 2.23. The minimum atomic E-state index is -0.407. The van der Waals surface area contributed by atoms with E-state index in [4.69, 9.17) is 4.74 Å². The lowest BCUT2D eigenvalue weighted by atomic mass is 10.1. The first-order chi connectivity index (χ1) is 8.04. The molecule has 17 heavy (non-hydrogen) atoms. The number of ketones is 1. The first-order valence-corrected chi connectivity index (χ1v) is 6.01. The lowest BCUT2D eigenvalue weighted by Crippen LogP contribution is -2.08. The largest absolute Gasteiger partial charge is 0.507 e. The van der Waals surface area contributed by atoms with Crippen LogP contribution >= 0.6 is 15.9 Å². The van der Waals surface area contributed by atoms with Gasteiger partial charge in [-0.15, -0.1) is 0 Å². The molecule has 1 aromatic rings. The average molecular weight is 301 g/mol. The van der Waals surface area contributed by atoms with Gasteiger partial charge in [0, 0.05) is 10.9 Å². The SMILES string of the molecule is CCOC(=O)CCC(=O)c1cc(Br)ccc1O. The number of phenolic OH excluding ortho intramolecular Hbond substituents is 1. The predicted molar refractivity (Wildman–Crippen MR) is 66.0 cm³/mol. The number of ether oxygens (including phenoxy) is 1. The number of carbonyl (C=O) groups excluding carboxylic acids is 2. The van der Waals surface area contributed by atoms with Crippen LogP contribution in [0.4, 0.5) is 0 Å². The predicted octanol–water partition coefficient (Wildman–Crippen LogP) is 2.68. The molecule has 0 spiro atoms. The van der Waals surface area contributed by atoms with E-state index in [0.29, 0.717) is 11.1 Å². The van der Waals surface area contributed by atoms with Gasteiger partial charge in [-0.3, -0.25) is 9.59 Å². The van der Waals surface area contributed by atoms with Gasteiger partial charge < -0.3 is 9.84 Å². The summed E-state index contributed by atoms with van der Waals surface area (Å²) in [5.74, 6) is -0.769. The van der Waals surface area contributed by atoms with Crippen LogP contribution in [-0.4, -0.2) is 23.5 Å². The Balaban J connectivity index is 2.64. The van der Waals surface area contributed by atoms with Gasteiger partial charge in [-0.2, -0.15) is 0 Å². The summed E-state index contributed by atoms with van der Waals surface area (Å²) in [5.41, 5.74) is 0.212. The monoisotopic (exact) mass is 300 g/mol. The van der Waals surface area contributed by atoms with E-state index >= 15 is 0 Å². The zero-order valence-electron chi connectivity index (χ0n) is 9.40. The summed E-state index contributed by atoms with van der Waals surface area (Å²) < 4.78 is 5.42. The van der Waals surface area contributed by atoms with Crippen molar-refractivity contribution in [1.29, 1.82) is 0 Å². The average Bonchev–Trinajstić information content (AvgIpc) is 2.29. The van der Waals surface area contributed by atoms with E-state index in [2.05, 4.69) is 15.9 Å². The van der Waals surface area contributed by atoms with E-state index in [1.54, 1.807) is 13.0 Å². The Bertz CT molecular complexity index is 429. The third-order valence-electron chi connectivity index (χ3n) is 2.12. The van der Waals surface area contributed by atoms with Crippen molar-refractivity contribution in [3.8, 4) is 5.75 Å². The molecule has 0 aromatic heterocycles. The van der Waals surface area contributed by atoms with Gasteiger partial charge in [-0.1, -0.05) is 15.9 Å². The zero-order chi connectivity index (χ0) is 12.8. The molecule has 1 rings (SSSR count). The van der Waals surface area contributed by atoms with Crippen LogP contribution in [0.2, 0.25) is 0 Å². The Morgan fingerprint density at radius 1 is 1.35 bits per heavy atom. The Labute approximate surface area is 108 Å². The summed E-state index contributed by atoms with van der Waals surface area (Å²) in [6.45, 7) is 2.01. The van der Waals surface area contributed by atoms with Crippen molar-refractivity contribution in [3.63, 3.8) is 0 Å². The summed E-state index contributed by atoms with van der Waals surface area (Å²) in [4.78, 5) is 22.8. The summed E-state index contributed by atoms with van der Waals surface area (Å²) in [6, 6.07) is 4.60. The van der Waals surface area contributed by atoms with E-state index in [-0.39, 0.29) is 29.9 Å². The van der Waals surface area contributed by atoms with Crippen molar-refractivity contribution in [1.82, 2.24) is 0 Å². The molecule has 0 saturated carbocycles. The summed E-state index contributed by atoms with van der Waals surface area (Å²) in [6.07, 6.45) is 0.0570. The molecule has 4 nitrogen and oxygen atoms in total. The second-order valence-electron chi connectivity index (χ2n) is 3.39. The van der Waals surface area contributed by atoms with Gasteiger partial charge in [0.05, 0.1) is 18.6 Å². The number of halogens is 1. The van der Waals surface area contributed by atoms with Crippen molar-refractivity contribution >= 4 is 27.7 Å². The molecule has 0 bridgehead atoms. The van der Waals surface area contributed by atoms with Gasteiger partial charge in [0.25, 0.3) is 0 Å². The maximum absolute atomic E-state index is 11.7. The molecule has 5 heteroatoms. The summed E-state index contributed by atoms with van der Waals surface area (Å²) in [7, 11) is 0. The lowest BCUT2D eigenvalue weighted by molar-refractivity contribution is -0.143. The number of carbonyl (C=O) groups is 2. The Hall–Kier alpha value is -1.36. The fourth-order valence-corrected chi connectivity index (χ4v) is 1.68. The molecule has 0 aliphatic carbocycles. The van der Waals surface area contributed by atoms with Crippen LogP contribution in [0, 0.1) is 0 Å². The molecule has 0 atom stereocenters. The molecule has 0 heterocycles. The molecule has 0 unspecified atom stereocenters. The van der Waals surface area contributed by atoms with E-state index in [0.717, 1.165) is 0 Å². The van der Waals surface area contributed by atoms with Crippen LogP contribution in [0.15, 0.2) is 22.7 Å². The molecule has 0 aliphatic heterocycles. The van der Waals surface area contributed by atoms with Crippen LogP contribution in [0.3, 0.4) is 0 Å². The molecule has 0 radical (unpaired) electrons. The van der Waals surface area contributed by atoms with Crippen LogP contribution in [0.1, 0.15) is 30.1 Å². The number of hydrogen-bond donors (Lipinski definition) is 1. The van der Waals surface area contributed by atoms with Crippen molar-refractivity contribution in [2.75, 3.05) is 6.61 Å². The smallest absolute Gasteiger partial charge is 0.306 e. The molecule has 0 saturated heterocycles. The number of esters is 1. The van der Waals surface area contributed by atoms with Crippen LogP contribution in [0.5, 0.6) is 5.75 Å². The second-order valence-corrected chi connectivity index (χ2v) is 4.31. The Kier molecular flexibility index (Phi) is 5.15. The molecular formula is C12H13BrO4. The summed E-state index contributed by atoms with van der Waals surface area (Å²) in [5, 5.41) is 9.52. The van der Waals surface area contributed by atoms with Crippen LogP contribution in [0.25, 0.3) is 0 Å². The van der Waals surface area contributed by atoms with Gasteiger partial charge in [0.2, 0.25) is 0 Å². The van der Waals surface area contributed by atoms with Crippen molar-refractivity contribution < 1.29 is 19.4 Å². The van der Waals surface area contributed by atoms with Gasteiger partial charge in [0.15, 0.2) is 5.78 Å². The van der Waals surface area contributed by atoms with E-state index in [9.17, 15) is 14.7 Å². The number of Topliss-reactive ketones (excluding diaryl/α,β-unsaturated/α-hetero) is 1. The first-order valence-electron chi connectivity index (χ1n) is 5.22. The van der Waals surface area contributed by atoms with Gasteiger partial charge >= 0.3 is 5.97 Å². The first kappa shape index (κ1) is 13.7. The maximum Gasteiger partial charge on any atom is 0.306 e. The quantitative estimate of drug-likeness (QED) is 0.671. The van der Waals surface area contributed by atoms with Crippen LogP contribution < -0.4 is 0 Å². The highest BCUT2D eigenvalue weighted by molar-refractivity contribution is 9.10. The number of aromatic hydroxyl groups is 1. The van der Waals surface area contributed by atoms with Crippen molar-refractivity contribution in [3.05, 3.63) is 28.2 Å². The molecule has 0 fully saturated rings. The molecule has 0 aliphatic rings. The third-order valence-corrected chi connectivity index (χ3v) is 2.61. The molecule has 0 amide bonds. The van der Waals surface area contributed by atoms with Crippen LogP contribution in [-0.2, 0) is 9.53 Å². The van der Waals surface area contributed by atoms with Gasteiger partial charge in [-0.05, 0) is 25.1 Å².